The van der Waals surface area contributed by atoms with E-state index in [2.05, 4.69) is 10.4 Å². The highest BCUT2D eigenvalue weighted by Crippen LogP contribution is 2.18. The second kappa shape index (κ2) is 5.20. The van der Waals surface area contributed by atoms with Crippen molar-refractivity contribution in [1.82, 2.24) is 14.3 Å². The van der Waals surface area contributed by atoms with Gasteiger partial charge in [-0.1, -0.05) is 0 Å². The molecular weight excluding hydrogens is 258 g/mol. The zero-order valence-electron chi connectivity index (χ0n) is 11.7. The highest BCUT2D eigenvalue weighted by atomic mass is 16.2. The molecule has 2 heterocycles. The number of nitrogens with zero attached hydrogens (tertiary/aromatic N) is 3. The summed E-state index contributed by atoms with van der Waals surface area (Å²) in [4.78, 5) is 23.6. The lowest BCUT2D eigenvalue weighted by atomic mass is 10.3. The monoisotopic (exact) mass is 275 g/mol. The van der Waals surface area contributed by atoms with Crippen LogP contribution in [0.15, 0.2) is 23.1 Å². The van der Waals surface area contributed by atoms with Crippen LogP contribution in [0.5, 0.6) is 0 Å². The lowest BCUT2D eigenvalue weighted by molar-refractivity contribution is -0.116. The molecule has 0 atom stereocenters. The van der Waals surface area contributed by atoms with Crippen LogP contribution in [0.4, 0.5) is 11.4 Å². The van der Waals surface area contributed by atoms with Crippen molar-refractivity contribution in [3.8, 4) is 0 Å². The van der Waals surface area contributed by atoms with E-state index in [1.54, 1.807) is 11.7 Å². The van der Waals surface area contributed by atoms with Crippen LogP contribution in [0.2, 0.25) is 0 Å². The van der Waals surface area contributed by atoms with Crippen molar-refractivity contribution in [2.45, 2.75) is 20.4 Å². The lowest BCUT2D eigenvalue weighted by Gasteiger charge is -2.08. The van der Waals surface area contributed by atoms with Crippen LogP contribution < -0.4 is 16.6 Å². The van der Waals surface area contributed by atoms with E-state index in [9.17, 15) is 9.59 Å². The Balaban J connectivity index is 2.17. The summed E-state index contributed by atoms with van der Waals surface area (Å²) in [7, 11) is 1.81. The molecule has 2 aromatic heterocycles. The number of nitrogens with one attached hydrogen (secondary N) is 1. The molecule has 0 saturated carbocycles. The van der Waals surface area contributed by atoms with Crippen molar-refractivity contribution < 1.29 is 4.79 Å². The van der Waals surface area contributed by atoms with Gasteiger partial charge in [-0.3, -0.25) is 14.3 Å². The van der Waals surface area contributed by atoms with Gasteiger partial charge in [0.1, 0.15) is 6.54 Å². The van der Waals surface area contributed by atoms with Gasteiger partial charge in [0.2, 0.25) is 5.91 Å². The first-order valence-corrected chi connectivity index (χ1v) is 6.14. The summed E-state index contributed by atoms with van der Waals surface area (Å²) in [5, 5.41) is 6.99. The molecule has 0 saturated heterocycles. The third-order valence-corrected chi connectivity index (χ3v) is 3.09. The minimum atomic E-state index is -0.295. The number of amides is 1. The number of hydrogen-bond donors (Lipinski definition) is 2. The minimum Gasteiger partial charge on any atom is -0.398 e. The number of anilines is 2. The van der Waals surface area contributed by atoms with Crippen LogP contribution in [0.25, 0.3) is 0 Å². The molecule has 106 valence electrons. The first kappa shape index (κ1) is 13.9. The first-order chi connectivity index (χ1) is 9.38. The maximum Gasteiger partial charge on any atom is 0.251 e. The fourth-order valence-corrected chi connectivity index (χ4v) is 1.96. The van der Waals surface area contributed by atoms with Gasteiger partial charge >= 0.3 is 0 Å². The van der Waals surface area contributed by atoms with Crippen molar-refractivity contribution in [2.75, 3.05) is 11.1 Å². The van der Waals surface area contributed by atoms with Crippen LogP contribution in [-0.4, -0.2) is 20.3 Å². The van der Waals surface area contributed by atoms with Gasteiger partial charge in [-0.15, -0.1) is 0 Å². The molecule has 7 heteroatoms. The Bertz CT molecular complexity index is 714. The topological polar surface area (TPSA) is 94.9 Å². The fraction of sp³-hybridized carbons (Fsp3) is 0.308. The molecule has 0 aromatic carbocycles. The summed E-state index contributed by atoms with van der Waals surface area (Å²) >= 11 is 0. The predicted molar refractivity (Wildman–Crippen MR) is 76.4 cm³/mol. The largest absolute Gasteiger partial charge is 0.398 e. The number of pyridine rings is 1. The number of rotatable bonds is 3. The Hall–Kier alpha value is -2.57. The van der Waals surface area contributed by atoms with Gasteiger partial charge < -0.3 is 15.6 Å². The number of nitrogens with two attached hydrogens (primary N) is 1. The Kier molecular flexibility index (Phi) is 3.60. The first-order valence-electron chi connectivity index (χ1n) is 6.14. The van der Waals surface area contributed by atoms with E-state index < -0.39 is 0 Å². The average molecular weight is 275 g/mol. The molecule has 0 bridgehead atoms. The number of hydrogen-bond acceptors (Lipinski definition) is 4. The van der Waals surface area contributed by atoms with Crippen molar-refractivity contribution in [3.63, 3.8) is 0 Å². The lowest BCUT2D eigenvalue weighted by Crippen LogP contribution is -2.27. The number of carbonyl (C=O) groups is 1. The van der Waals surface area contributed by atoms with E-state index in [1.165, 1.54) is 22.9 Å². The molecule has 0 fully saturated rings. The van der Waals surface area contributed by atoms with Gasteiger partial charge in [0.05, 0.1) is 17.1 Å². The van der Waals surface area contributed by atoms with Crippen LogP contribution >= 0.6 is 0 Å². The fourth-order valence-electron chi connectivity index (χ4n) is 1.96. The molecule has 20 heavy (non-hydrogen) atoms. The third kappa shape index (κ3) is 2.71. The number of aromatic nitrogens is 3. The molecule has 0 aliphatic heterocycles. The highest BCUT2D eigenvalue weighted by molar-refractivity contribution is 5.91. The second-order valence-electron chi connectivity index (χ2n) is 4.65. The molecule has 1 amide bonds. The Morgan fingerprint density at radius 2 is 2.10 bits per heavy atom. The Morgan fingerprint density at radius 3 is 2.70 bits per heavy atom. The highest BCUT2D eigenvalue weighted by Gasteiger charge is 2.13. The van der Waals surface area contributed by atoms with E-state index in [1.807, 2.05) is 13.8 Å². The average Bonchev–Trinajstić information content (AvgIpc) is 2.61. The Labute approximate surface area is 116 Å². The standard InChI is InChI=1S/C13H17N5O2/c1-8-13(9(2)17(3)16-8)15-11(19)7-18-6-10(14)4-5-12(18)20/h4-6H,7,14H2,1-3H3,(H,15,19). The summed E-state index contributed by atoms with van der Waals surface area (Å²) in [6.07, 6.45) is 1.45. The molecule has 0 unspecified atom stereocenters. The van der Waals surface area contributed by atoms with Crippen molar-refractivity contribution in [2.24, 2.45) is 7.05 Å². The van der Waals surface area contributed by atoms with Crippen molar-refractivity contribution in [3.05, 3.63) is 40.1 Å². The van der Waals surface area contributed by atoms with Crippen molar-refractivity contribution in [1.29, 1.82) is 0 Å². The van der Waals surface area contributed by atoms with Crippen LogP contribution in [0.1, 0.15) is 11.4 Å². The second-order valence-corrected chi connectivity index (χ2v) is 4.65. The zero-order chi connectivity index (χ0) is 14.9. The number of carbonyl (C=O) groups excluding carboxylic acids is 1. The zero-order valence-corrected chi connectivity index (χ0v) is 11.7. The normalized spacial score (nSPS) is 10.6. The van der Waals surface area contributed by atoms with Crippen molar-refractivity contribution >= 4 is 17.3 Å². The van der Waals surface area contributed by atoms with Crippen LogP contribution in [-0.2, 0) is 18.4 Å². The van der Waals surface area contributed by atoms with Gasteiger partial charge in [-0.2, -0.15) is 5.10 Å². The molecule has 0 radical (unpaired) electrons. The van der Waals surface area contributed by atoms with Gasteiger partial charge in [-0.25, -0.2) is 0 Å². The molecule has 0 spiro atoms. The van der Waals surface area contributed by atoms with Crippen LogP contribution in [0.3, 0.4) is 0 Å². The molecule has 0 aliphatic rings. The molecule has 3 N–H and O–H groups in total. The maximum atomic E-state index is 12.0. The predicted octanol–water partition coefficient (Wildman–Crippen LogP) is 0.420. The molecular formula is C13H17N5O2. The van der Waals surface area contributed by atoms with E-state index in [-0.39, 0.29) is 18.0 Å². The van der Waals surface area contributed by atoms with Gasteiger partial charge in [0.25, 0.3) is 5.56 Å². The summed E-state index contributed by atoms with van der Waals surface area (Å²) in [6.45, 7) is 3.59. The molecule has 2 rings (SSSR count). The molecule has 7 nitrogen and oxygen atoms in total. The van der Waals surface area contributed by atoms with E-state index in [4.69, 9.17) is 5.73 Å². The van der Waals surface area contributed by atoms with Gasteiger partial charge in [-0.05, 0) is 19.9 Å². The summed E-state index contributed by atoms with van der Waals surface area (Å²) in [5.74, 6) is -0.295. The Morgan fingerprint density at radius 1 is 1.40 bits per heavy atom. The SMILES string of the molecule is Cc1nn(C)c(C)c1NC(=O)Cn1cc(N)ccc1=O. The van der Waals surface area contributed by atoms with Gasteiger partial charge in [0.15, 0.2) is 0 Å². The molecule has 0 aliphatic carbocycles. The van der Waals surface area contributed by atoms with Crippen LogP contribution in [0, 0.1) is 13.8 Å². The van der Waals surface area contributed by atoms with E-state index in [0.29, 0.717) is 11.4 Å². The summed E-state index contributed by atoms with van der Waals surface area (Å²) in [6, 6.07) is 2.84. The maximum absolute atomic E-state index is 12.0. The third-order valence-electron chi connectivity index (χ3n) is 3.09. The quantitative estimate of drug-likeness (QED) is 0.848. The minimum absolute atomic E-state index is 0.0857. The number of nitrogen functional groups attached to an aromatic ring is 1. The summed E-state index contributed by atoms with van der Waals surface area (Å²) < 4.78 is 2.96. The van der Waals surface area contributed by atoms with E-state index >= 15 is 0 Å². The molecule has 2 aromatic rings. The summed E-state index contributed by atoms with van der Waals surface area (Å²) in [5.41, 5.74) is 8.04. The smallest absolute Gasteiger partial charge is 0.251 e. The van der Waals surface area contributed by atoms with E-state index in [0.717, 1.165) is 11.4 Å². The van der Waals surface area contributed by atoms with Gasteiger partial charge in [0, 0.05) is 25.0 Å². The number of aryl methyl sites for hydroxylation is 2.